The summed E-state index contributed by atoms with van der Waals surface area (Å²) in [5.74, 6) is -2.43. The molecule has 0 radical (unpaired) electrons. The molecule has 1 amide bonds. The molecule has 2 aromatic rings. The van der Waals surface area contributed by atoms with Crippen LogP contribution in [0.1, 0.15) is 53.7 Å². The summed E-state index contributed by atoms with van der Waals surface area (Å²) < 4.78 is 91.2. The molecule has 2 atom stereocenters. The van der Waals surface area contributed by atoms with Gasteiger partial charge in [-0.05, 0) is 49.9 Å². The highest BCUT2D eigenvalue weighted by Crippen LogP contribution is 2.37. The second kappa shape index (κ2) is 14.7. The van der Waals surface area contributed by atoms with Crippen molar-refractivity contribution in [2.24, 2.45) is 0 Å². The number of amides is 1. The first-order chi connectivity index (χ1) is 20.2. The molecule has 0 aromatic heterocycles. The fourth-order valence-corrected chi connectivity index (χ4v) is 4.82. The van der Waals surface area contributed by atoms with Crippen LogP contribution in [0.25, 0.3) is 0 Å². The largest absolute Gasteiger partial charge is 0.462 e. The maximum atomic E-state index is 13.6. The predicted octanol–water partition coefficient (Wildman–Crippen LogP) is 5.30. The van der Waals surface area contributed by atoms with Crippen LogP contribution in [0.5, 0.6) is 0 Å². The molecule has 236 valence electrons. The van der Waals surface area contributed by atoms with Crippen LogP contribution in [-0.2, 0) is 42.7 Å². The molecule has 8 nitrogen and oxygen atoms in total. The molecular weight excluding hydrogens is 586 g/mol. The van der Waals surface area contributed by atoms with Gasteiger partial charge in [0.25, 0.3) is 5.91 Å². The number of piperidine rings is 1. The summed E-state index contributed by atoms with van der Waals surface area (Å²) >= 11 is 0. The minimum atomic E-state index is -5.12. The fourth-order valence-electron chi connectivity index (χ4n) is 4.82. The number of hydroxylamine groups is 2. The maximum absolute atomic E-state index is 13.6. The third kappa shape index (κ3) is 9.95. The van der Waals surface area contributed by atoms with E-state index in [1.54, 1.807) is 37.3 Å². The Hall–Kier alpha value is -3.65. The Morgan fingerprint density at radius 2 is 1.58 bits per heavy atom. The van der Waals surface area contributed by atoms with E-state index < -0.39 is 65.5 Å². The van der Waals surface area contributed by atoms with Crippen molar-refractivity contribution in [1.29, 1.82) is 0 Å². The van der Waals surface area contributed by atoms with Gasteiger partial charge in [-0.3, -0.25) is 14.4 Å². The third-order valence-corrected chi connectivity index (χ3v) is 6.73. The lowest BCUT2D eigenvalue weighted by Gasteiger charge is -2.42. The van der Waals surface area contributed by atoms with E-state index >= 15 is 0 Å². The minimum absolute atomic E-state index is 0.0267. The van der Waals surface area contributed by atoms with E-state index in [1.165, 1.54) is 4.90 Å². The Bertz CT molecular complexity index is 1220. The van der Waals surface area contributed by atoms with E-state index in [0.717, 1.165) is 17.6 Å². The molecule has 0 bridgehead atoms. The van der Waals surface area contributed by atoms with Gasteiger partial charge in [0.15, 0.2) is 0 Å². The minimum Gasteiger partial charge on any atom is -0.462 e. The molecule has 0 spiro atoms. The predicted molar refractivity (Wildman–Crippen MR) is 140 cm³/mol. The summed E-state index contributed by atoms with van der Waals surface area (Å²) in [4.78, 5) is 44.4. The molecule has 0 aliphatic carbocycles. The summed E-state index contributed by atoms with van der Waals surface area (Å²) in [6.45, 7) is 2.94. The Morgan fingerprint density at radius 3 is 2.14 bits per heavy atom. The van der Waals surface area contributed by atoms with Gasteiger partial charge in [0.1, 0.15) is 13.2 Å². The van der Waals surface area contributed by atoms with Crippen LogP contribution in [0.15, 0.2) is 48.5 Å². The molecule has 1 heterocycles. The van der Waals surface area contributed by atoms with Crippen molar-refractivity contribution in [1.82, 2.24) is 9.96 Å². The van der Waals surface area contributed by atoms with E-state index in [9.17, 15) is 40.7 Å². The zero-order valence-electron chi connectivity index (χ0n) is 23.5. The van der Waals surface area contributed by atoms with Crippen molar-refractivity contribution in [3.05, 3.63) is 70.8 Å². The maximum Gasteiger partial charge on any atom is 0.416 e. The Morgan fingerprint density at radius 1 is 0.953 bits per heavy atom. The van der Waals surface area contributed by atoms with Crippen molar-refractivity contribution in [3.8, 4) is 0 Å². The number of carbonyl (C=O) groups is 3. The van der Waals surface area contributed by atoms with Crippen molar-refractivity contribution in [3.63, 3.8) is 0 Å². The number of rotatable bonds is 11. The zero-order valence-corrected chi connectivity index (χ0v) is 23.5. The van der Waals surface area contributed by atoms with Crippen molar-refractivity contribution >= 4 is 17.8 Å². The van der Waals surface area contributed by atoms with Crippen LogP contribution in [0.3, 0.4) is 0 Å². The first kappa shape index (κ1) is 33.8. The SMILES string of the molecule is CCOCCOC(=O)CN(OC(C)=O)C1CCN(C(=O)c2cc(C(F)(F)F)cc(C(F)(F)F)c2)C(Cc2ccccc2)C1. The quantitative estimate of drug-likeness (QED) is 0.146. The normalized spacial score (nSPS) is 17.6. The average molecular weight is 619 g/mol. The Kier molecular flexibility index (Phi) is 11.6. The Labute approximate surface area is 244 Å². The summed E-state index contributed by atoms with van der Waals surface area (Å²) in [7, 11) is 0. The summed E-state index contributed by atoms with van der Waals surface area (Å²) in [6.07, 6.45) is -9.85. The topological polar surface area (TPSA) is 85.4 Å². The van der Waals surface area contributed by atoms with E-state index in [-0.39, 0.29) is 45.1 Å². The van der Waals surface area contributed by atoms with Crippen LogP contribution in [0.2, 0.25) is 0 Å². The van der Waals surface area contributed by atoms with E-state index in [1.807, 2.05) is 0 Å². The molecule has 0 saturated carbocycles. The second-order valence-corrected chi connectivity index (χ2v) is 9.89. The van der Waals surface area contributed by atoms with Gasteiger partial charge in [-0.2, -0.15) is 26.3 Å². The van der Waals surface area contributed by atoms with E-state index in [4.69, 9.17) is 14.3 Å². The van der Waals surface area contributed by atoms with Gasteiger partial charge in [-0.1, -0.05) is 30.3 Å². The van der Waals surface area contributed by atoms with Gasteiger partial charge in [0.05, 0.1) is 23.8 Å². The highest BCUT2D eigenvalue weighted by atomic mass is 19.4. The van der Waals surface area contributed by atoms with Gasteiger partial charge >= 0.3 is 24.3 Å². The molecule has 1 fully saturated rings. The lowest BCUT2D eigenvalue weighted by molar-refractivity contribution is -0.209. The second-order valence-electron chi connectivity index (χ2n) is 9.89. The number of alkyl halides is 6. The first-order valence-electron chi connectivity index (χ1n) is 13.5. The van der Waals surface area contributed by atoms with E-state index in [0.29, 0.717) is 18.7 Å². The lowest BCUT2D eigenvalue weighted by atomic mass is 9.91. The number of likely N-dealkylation sites (tertiary alicyclic amines) is 1. The van der Waals surface area contributed by atoms with Crippen molar-refractivity contribution < 1.29 is 55.0 Å². The van der Waals surface area contributed by atoms with Crippen LogP contribution in [-0.4, -0.2) is 72.8 Å². The molecule has 1 saturated heterocycles. The standard InChI is InChI=1S/C29H32F6N2O6/c1-3-41-11-12-42-26(39)18-37(43-19(2)38)24-9-10-36(25(17-24)13-20-7-5-4-6-8-20)27(40)21-14-22(28(30,31)32)16-23(15-21)29(33,34)35/h4-8,14-16,24-25H,3,9-13,17-18H2,1-2H3. The van der Waals surface area contributed by atoms with E-state index in [2.05, 4.69) is 0 Å². The monoisotopic (exact) mass is 618 g/mol. The molecule has 1 aliphatic heterocycles. The summed E-state index contributed by atoms with van der Waals surface area (Å²) in [5.41, 5.74) is -3.19. The number of benzene rings is 2. The van der Waals surface area contributed by atoms with Crippen LogP contribution in [0.4, 0.5) is 26.3 Å². The highest BCUT2D eigenvalue weighted by molar-refractivity contribution is 5.95. The number of ether oxygens (including phenoxy) is 2. The molecule has 3 rings (SSSR count). The number of carbonyl (C=O) groups excluding carboxylic acids is 3. The molecule has 43 heavy (non-hydrogen) atoms. The van der Waals surface area contributed by atoms with Gasteiger partial charge in [0.2, 0.25) is 0 Å². The molecule has 1 aliphatic rings. The highest BCUT2D eigenvalue weighted by Gasteiger charge is 2.40. The molecular formula is C29H32F6N2O6. The van der Waals surface area contributed by atoms with Crippen LogP contribution < -0.4 is 0 Å². The number of esters is 1. The first-order valence-corrected chi connectivity index (χ1v) is 13.5. The van der Waals surface area contributed by atoms with Gasteiger partial charge in [0, 0.05) is 31.7 Å². The third-order valence-electron chi connectivity index (χ3n) is 6.73. The number of hydrogen-bond donors (Lipinski definition) is 0. The summed E-state index contributed by atoms with van der Waals surface area (Å²) in [6, 6.07) is 8.21. The van der Waals surface area contributed by atoms with Crippen molar-refractivity contribution in [2.45, 2.75) is 57.5 Å². The number of halogens is 6. The molecule has 2 aromatic carbocycles. The number of hydrogen-bond acceptors (Lipinski definition) is 7. The van der Waals surface area contributed by atoms with Crippen LogP contribution >= 0.6 is 0 Å². The van der Waals surface area contributed by atoms with Crippen molar-refractivity contribution in [2.75, 3.05) is 32.9 Å². The van der Waals surface area contributed by atoms with Gasteiger partial charge < -0.3 is 19.2 Å². The summed E-state index contributed by atoms with van der Waals surface area (Å²) in [5, 5.41) is 1.14. The smallest absolute Gasteiger partial charge is 0.416 e. The zero-order chi connectivity index (χ0) is 31.8. The molecule has 2 unspecified atom stereocenters. The fraction of sp³-hybridized carbons (Fsp3) is 0.483. The Balaban J connectivity index is 1.91. The molecule has 14 heteroatoms. The lowest BCUT2D eigenvalue weighted by Crippen LogP contribution is -2.54. The van der Waals surface area contributed by atoms with Crippen LogP contribution in [0, 0.1) is 0 Å². The molecule has 0 N–H and O–H groups in total. The number of nitrogens with zero attached hydrogens (tertiary/aromatic N) is 2. The van der Waals surface area contributed by atoms with Gasteiger partial charge in [-0.15, -0.1) is 5.06 Å². The van der Waals surface area contributed by atoms with Gasteiger partial charge in [-0.25, -0.2) is 0 Å². The average Bonchev–Trinajstić information content (AvgIpc) is 2.94.